The van der Waals surface area contributed by atoms with Crippen molar-refractivity contribution >= 4 is 215 Å². The van der Waals surface area contributed by atoms with Crippen molar-refractivity contribution in [3.63, 3.8) is 0 Å². The Morgan fingerprint density at radius 1 is 0.173 bits per heavy atom. The summed E-state index contributed by atoms with van der Waals surface area (Å²) in [6.45, 7) is 6.82. The number of aryl methyl sites for hydroxylation is 3. The number of halogens is 12. The van der Waals surface area contributed by atoms with Crippen LogP contribution in [0, 0.1) is 0 Å². The number of rotatable bonds is 45. The van der Waals surface area contributed by atoms with Gasteiger partial charge in [0.15, 0.2) is 17.1 Å². The van der Waals surface area contributed by atoms with Crippen LogP contribution in [0.3, 0.4) is 0 Å². The van der Waals surface area contributed by atoms with Gasteiger partial charge >= 0.3 is 0 Å². The SMILES string of the molecule is CCCCCCCCCCCCc1cc(Cl)ccc1[N+](c1ccc(Cl)cc1)(c1ccc(Cl)cc1)c1ccc(Cl)cc1.CCCCCCCCCCCCc1cc(Cl)ccc1[N+](c1ccc(Cl)cc1)(c1ccc(Cl)cc1)c1ccc(Cl)cc1.CCCCCCCCCCCCc1cc(Cl)ccc1[N+](c1ccc(Cl)cc1)(c1ccc(Cl)cc1)c1ccc(Cl)cc1.[O-]B([O-])[O-]. The van der Waals surface area contributed by atoms with Crippen LogP contribution in [0.4, 0.5) is 68.2 Å². The zero-order valence-corrected chi connectivity index (χ0v) is 82.6. The van der Waals surface area contributed by atoms with Crippen LogP contribution in [-0.2, 0) is 19.3 Å². The van der Waals surface area contributed by atoms with E-state index >= 15 is 0 Å². The molecule has 0 heterocycles. The fourth-order valence-corrected chi connectivity index (χ4v) is 18.9. The maximum Gasteiger partial charge on any atom is 0.151 e. The molecule has 0 unspecified atom stereocenters. The third-order valence-electron chi connectivity index (χ3n) is 23.5. The maximum absolute atomic E-state index is 8.42. The quantitative estimate of drug-likeness (QED) is 0.0217. The third kappa shape index (κ3) is 31.3. The second-order valence-electron chi connectivity index (χ2n) is 32.7. The van der Waals surface area contributed by atoms with Crippen molar-refractivity contribution in [1.29, 1.82) is 0 Å². The molecule has 672 valence electrons. The van der Waals surface area contributed by atoms with E-state index in [0.29, 0.717) is 58.7 Å². The van der Waals surface area contributed by atoms with Crippen LogP contribution < -0.4 is 28.5 Å². The summed E-state index contributed by atoms with van der Waals surface area (Å²) in [6.07, 6.45) is 42.0. The first-order valence-corrected chi connectivity index (χ1v) is 50.0. The Bertz CT molecular complexity index is 4300. The summed E-state index contributed by atoms with van der Waals surface area (Å²) in [4.78, 5) is 0. The number of quaternary nitrogens is 3. The highest BCUT2D eigenvalue weighted by molar-refractivity contribution is 6.34. The van der Waals surface area contributed by atoms with Gasteiger partial charge in [-0.1, -0.05) is 333 Å². The number of unbranched alkanes of at least 4 members (excludes halogenated alkanes) is 27. The van der Waals surface area contributed by atoms with E-state index in [1.54, 1.807) is 0 Å². The second-order valence-corrected chi connectivity index (χ2v) is 37.9. The Morgan fingerprint density at radius 2 is 0.291 bits per heavy atom. The van der Waals surface area contributed by atoms with Gasteiger partial charge < -0.3 is 15.1 Å². The molecule has 0 fully saturated rings. The minimum atomic E-state index is -2.92. The summed E-state index contributed by atoms with van der Waals surface area (Å²) in [5.74, 6) is 0. The van der Waals surface area contributed by atoms with Gasteiger partial charge in [-0.2, -0.15) is 13.4 Å². The molecular formula is C108H120BCl12N3O3. The zero-order valence-electron chi connectivity index (χ0n) is 73.5. The lowest BCUT2D eigenvalue weighted by atomic mass is 9.98. The maximum atomic E-state index is 8.42. The standard InChI is InChI=1S/3C36H40Cl4N.BO3/c3*1-2-3-4-5-6-7-8-9-10-11-12-28-27-32(40)19-26-36(28)41(33-20-13-29(37)14-21-33,34-22-15-30(38)16-23-34)35-24-17-31(39)18-25-35;2-1(3)4/h3*13-27H,2-12H2,1H3;/q3*+1;-3. The van der Waals surface area contributed by atoms with Crippen molar-refractivity contribution in [2.24, 2.45) is 0 Å². The van der Waals surface area contributed by atoms with Crippen molar-refractivity contribution in [3.05, 3.63) is 350 Å². The highest BCUT2D eigenvalue weighted by Crippen LogP contribution is 2.58. The van der Waals surface area contributed by atoms with E-state index in [0.717, 1.165) is 122 Å². The van der Waals surface area contributed by atoms with E-state index in [9.17, 15) is 0 Å². The molecule has 0 amide bonds. The van der Waals surface area contributed by atoms with Gasteiger partial charge in [-0.05, 0) is 184 Å². The highest BCUT2D eigenvalue weighted by Gasteiger charge is 2.45. The van der Waals surface area contributed by atoms with Gasteiger partial charge in [0.25, 0.3) is 0 Å². The second kappa shape index (κ2) is 56.1. The van der Waals surface area contributed by atoms with E-state index in [-0.39, 0.29) is 0 Å². The first-order valence-electron chi connectivity index (χ1n) is 45.4. The third-order valence-corrected chi connectivity index (χ3v) is 26.5. The Labute approximate surface area is 818 Å². The van der Waals surface area contributed by atoms with Crippen LogP contribution in [0.1, 0.15) is 230 Å². The molecule has 0 radical (unpaired) electrons. The van der Waals surface area contributed by atoms with Crippen molar-refractivity contribution in [3.8, 4) is 0 Å². The number of hydrogen-bond acceptors (Lipinski definition) is 3. The fraction of sp³-hybridized carbons (Fsp3) is 0.333. The van der Waals surface area contributed by atoms with Crippen LogP contribution in [0.2, 0.25) is 60.3 Å². The molecule has 0 bridgehead atoms. The molecule has 0 aliphatic rings. The first kappa shape index (κ1) is 105. The minimum absolute atomic E-state index is 0.357. The molecule has 19 heteroatoms. The van der Waals surface area contributed by atoms with E-state index in [2.05, 4.69) is 166 Å². The number of hydrogen-bond donors (Lipinski definition) is 0. The molecule has 0 saturated heterocycles. The van der Waals surface area contributed by atoms with Gasteiger partial charge in [-0.25, -0.2) is 0 Å². The number of nitrogens with zero attached hydrogens (tertiary/aromatic N) is 3. The Hall–Kier alpha value is -6.06. The van der Waals surface area contributed by atoms with Gasteiger partial charge in [0.1, 0.15) is 51.2 Å². The predicted molar refractivity (Wildman–Crippen MR) is 552 cm³/mol. The predicted octanol–water partition coefficient (Wildman–Crippen LogP) is 38.3. The molecule has 0 atom stereocenters. The van der Waals surface area contributed by atoms with Crippen molar-refractivity contribution in [1.82, 2.24) is 13.4 Å². The molecule has 12 aromatic rings. The van der Waals surface area contributed by atoms with E-state index in [1.165, 1.54) is 190 Å². The van der Waals surface area contributed by atoms with Crippen LogP contribution in [0.15, 0.2) is 273 Å². The van der Waals surface area contributed by atoms with Crippen LogP contribution in [0.5, 0.6) is 0 Å². The van der Waals surface area contributed by atoms with Gasteiger partial charge in [-0.15, -0.1) is 0 Å². The van der Waals surface area contributed by atoms with Crippen molar-refractivity contribution in [2.75, 3.05) is 0 Å². The van der Waals surface area contributed by atoms with Crippen LogP contribution >= 0.6 is 139 Å². The van der Waals surface area contributed by atoms with Crippen LogP contribution in [-0.4, -0.2) is 7.32 Å². The molecule has 127 heavy (non-hydrogen) atoms. The normalized spacial score (nSPS) is 11.5. The summed E-state index contributed by atoms with van der Waals surface area (Å²) in [6, 6.07) is 91.9. The van der Waals surface area contributed by atoms with Gasteiger partial charge in [0.2, 0.25) is 0 Å². The Morgan fingerprint density at radius 3 is 0.425 bits per heavy atom. The van der Waals surface area contributed by atoms with E-state index < -0.39 is 7.32 Å². The van der Waals surface area contributed by atoms with Crippen molar-refractivity contribution < 1.29 is 15.1 Å². The summed E-state index contributed by atoms with van der Waals surface area (Å²) >= 11 is 77.4. The number of benzene rings is 12. The summed E-state index contributed by atoms with van der Waals surface area (Å²) in [5.41, 5.74) is 16.7. The highest BCUT2D eigenvalue weighted by atomic mass is 35.5. The summed E-state index contributed by atoms with van der Waals surface area (Å²) in [7, 11) is -2.92. The molecule has 0 aliphatic heterocycles. The molecule has 0 aliphatic carbocycles. The van der Waals surface area contributed by atoms with E-state index in [1.807, 2.05) is 127 Å². The topological polar surface area (TPSA) is 69.2 Å². The first-order chi connectivity index (χ1) is 61.6. The molecule has 12 aromatic carbocycles. The molecule has 0 spiro atoms. The van der Waals surface area contributed by atoms with Gasteiger partial charge in [-0.3, -0.25) is 7.32 Å². The van der Waals surface area contributed by atoms with Crippen molar-refractivity contribution in [2.45, 2.75) is 233 Å². The average Bonchev–Trinajstić information content (AvgIpc) is 0.737. The summed E-state index contributed by atoms with van der Waals surface area (Å²) in [5, 5.41) is 33.7. The minimum Gasteiger partial charge on any atom is -0.907 e. The van der Waals surface area contributed by atoms with Gasteiger partial charge in [0, 0.05) is 204 Å². The lowest BCUT2D eigenvalue weighted by Gasteiger charge is -2.38. The zero-order chi connectivity index (χ0) is 90.8. The Balaban J connectivity index is 0.000000211. The van der Waals surface area contributed by atoms with Gasteiger partial charge in [0.05, 0.1) is 0 Å². The molecule has 0 aromatic heterocycles. The Kier molecular flexibility index (Phi) is 46.2. The van der Waals surface area contributed by atoms with E-state index in [4.69, 9.17) is 154 Å². The smallest absolute Gasteiger partial charge is 0.151 e. The molecule has 0 N–H and O–H groups in total. The summed E-state index contributed by atoms with van der Waals surface area (Å²) < 4.78 is 1.07. The van der Waals surface area contributed by atoms with Crippen LogP contribution in [0.25, 0.3) is 0 Å². The lowest BCUT2D eigenvalue weighted by molar-refractivity contribution is -0.479. The lowest BCUT2D eigenvalue weighted by Crippen LogP contribution is -2.56. The largest absolute Gasteiger partial charge is 0.907 e. The fourth-order valence-electron chi connectivity index (χ4n) is 17.2. The molecular weight excluding hydrogens is 1820 g/mol. The average molecular weight is 1940 g/mol. The molecule has 6 nitrogen and oxygen atoms in total. The monoisotopic (exact) mass is 1940 g/mol. The molecule has 12 rings (SSSR count). The molecule has 0 saturated carbocycles.